The van der Waals surface area contributed by atoms with E-state index in [1.807, 2.05) is 12.1 Å². The molecule has 5 nitrogen and oxygen atoms in total. The number of hydrogen-bond donors (Lipinski definition) is 2. The lowest BCUT2D eigenvalue weighted by Crippen LogP contribution is -2.28. The van der Waals surface area contributed by atoms with Gasteiger partial charge in [-0.1, -0.05) is 22.0 Å². The molecule has 0 aliphatic rings. The van der Waals surface area contributed by atoms with Gasteiger partial charge in [0.15, 0.2) is 0 Å². The number of nitrogens with zero attached hydrogens (tertiary/aromatic N) is 1. The summed E-state index contributed by atoms with van der Waals surface area (Å²) in [5.74, 6) is 0.407. The van der Waals surface area contributed by atoms with Crippen LogP contribution in [0.5, 0.6) is 5.75 Å². The summed E-state index contributed by atoms with van der Waals surface area (Å²) in [7, 11) is 0. The number of pyridine rings is 1. The number of anilines is 1. The quantitative estimate of drug-likeness (QED) is 0.544. The minimum Gasteiger partial charge on any atom is -0.493 e. The molecule has 0 fully saturated rings. The summed E-state index contributed by atoms with van der Waals surface area (Å²) in [5.41, 5.74) is 2.43. The third-order valence-electron chi connectivity index (χ3n) is 3.94. The number of carbonyl (C=O) groups is 1. The highest BCUT2D eigenvalue weighted by atomic mass is 79.9. The van der Waals surface area contributed by atoms with E-state index in [0.717, 1.165) is 15.6 Å². The van der Waals surface area contributed by atoms with Crippen LogP contribution in [0, 0.1) is 5.82 Å². The predicted octanol–water partition coefficient (Wildman–Crippen LogP) is 4.93. The Bertz CT molecular complexity index is 921. The minimum absolute atomic E-state index is 0.268. The van der Waals surface area contributed by atoms with E-state index >= 15 is 0 Å². The van der Waals surface area contributed by atoms with Crippen molar-refractivity contribution >= 4 is 27.6 Å². The van der Waals surface area contributed by atoms with E-state index < -0.39 is 0 Å². The molecular formula is C21H19BrFN3O2. The molecule has 7 heteroatoms. The molecule has 2 aromatic carbocycles. The Kier molecular flexibility index (Phi) is 6.97. The molecule has 1 heterocycles. The second kappa shape index (κ2) is 9.85. The number of rotatable bonds is 7. The van der Waals surface area contributed by atoms with Crippen LogP contribution in [0.1, 0.15) is 11.1 Å². The van der Waals surface area contributed by atoms with Gasteiger partial charge in [0.05, 0.1) is 6.61 Å². The fourth-order valence-electron chi connectivity index (χ4n) is 2.51. The number of halogens is 2. The Morgan fingerprint density at radius 3 is 2.71 bits per heavy atom. The van der Waals surface area contributed by atoms with Crippen LogP contribution < -0.4 is 15.4 Å². The monoisotopic (exact) mass is 443 g/mol. The Morgan fingerprint density at radius 1 is 1.14 bits per heavy atom. The molecule has 144 valence electrons. The maximum atomic E-state index is 13.3. The average Bonchev–Trinajstić information content (AvgIpc) is 2.71. The van der Waals surface area contributed by atoms with Crippen molar-refractivity contribution in [3.05, 3.63) is 88.4 Å². The minimum atomic E-state index is -0.298. The van der Waals surface area contributed by atoms with Gasteiger partial charge >= 0.3 is 6.03 Å². The molecule has 0 saturated heterocycles. The van der Waals surface area contributed by atoms with Gasteiger partial charge in [-0.05, 0) is 59.7 Å². The average molecular weight is 444 g/mol. The molecule has 3 aromatic rings. The van der Waals surface area contributed by atoms with Crippen LogP contribution in [-0.2, 0) is 13.0 Å². The van der Waals surface area contributed by atoms with E-state index in [9.17, 15) is 9.18 Å². The van der Waals surface area contributed by atoms with Crippen LogP contribution in [0.4, 0.5) is 14.9 Å². The van der Waals surface area contributed by atoms with Gasteiger partial charge in [0.1, 0.15) is 11.6 Å². The Labute approximate surface area is 171 Å². The molecule has 3 rings (SSSR count). The summed E-state index contributed by atoms with van der Waals surface area (Å²) in [4.78, 5) is 16.0. The summed E-state index contributed by atoms with van der Waals surface area (Å²) in [6.07, 6.45) is 3.97. The van der Waals surface area contributed by atoms with Gasteiger partial charge in [0.25, 0.3) is 0 Å². The zero-order chi connectivity index (χ0) is 19.8. The van der Waals surface area contributed by atoms with E-state index in [1.54, 1.807) is 42.7 Å². The van der Waals surface area contributed by atoms with Crippen molar-refractivity contribution in [3.8, 4) is 5.75 Å². The van der Waals surface area contributed by atoms with Gasteiger partial charge in [-0.2, -0.15) is 0 Å². The number of ether oxygens (including phenoxy) is 1. The number of aromatic nitrogens is 1. The van der Waals surface area contributed by atoms with Crippen molar-refractivity contribution in [2.75, 3.05) is 11.9 Å². The summed E-state index contributed by atoms with van der Waals surface area (Å²) in [6.45, 7) is 0.816. The number of urea groups is 1. The molecule has 0 radical (unpaired) electrons. The summed E-state index contributed by atoms with van der Waals surface area (Å²) in [6, 6.07) is 15.1. The van der Waals surface area contributed by atoms with E-state index in [4.69, 9.17) is 4.74 Å². The molecule has 2 amide bonds. The molecule has 1 aromatic heterocycles. The topological polar surface area (TPSA) is 63.2 Å². The van der Waals surface area contributed by atoms with E-state index in [2.05, 4.69) is 31.5 Å². The lowest BCUT2D eigenvalue weighted by atomic mass is 10.1. The van der Waals surface area contributed by atoms with Gasteiger partial charge in [-0.25, -0.2) is 9.18 Å². The van der Waals surface area contributed by atoms with Gasteiger partial charge < -0.3 is 15.4 Å². The van der Waals surface area contributed by atoms with Crippen LogP contribution in [-0.4, -0.2) is 17.6 Å². The first kappa shape index (κ1) is 19.8. The van der Waals surface area contributed by atoms with Gasteiger partial charge in [0.2, 0.25) is 0 Å². The highest BCUT2D eigenvalue weighted by molar-refractivity contribution is 9.10. The van der Waals surface area contributed by atoms with Crippen molar-refractivity contribution in [1.82, 2.24) is 10.3 Å². The van der Waals surface area contributed by atoms with Crippen LogP contribution in [0.25, 0.3) is 0 Å². The molecule has 0 aliphatic carbocycles. The third-order valence-corrected chi connectivity index (χ3v) is 4.71. The number of benzene rings is 2. The number of carbonyl (C=O) groups excluding carboxylic acids is 1. The van der Waals surface area contributed by atoms with Crippen molar-refractivity contribution < 1.29 is 13.9 Å². The summed E-state index contributed by atoms with van der Waals surface area (Å²) >= 11 is 3.40. The second-order valence-corrected chi connectivity index (χ2v) is 6.88. The fourth-order valence-corrected chi connectivity index (χ4v) is 2.95. The van der Waals surface area contributed by atoms with Gasteiger partial charge in [-0.3, -0.25) is 4.98 Å². The molecular weight excluding hydrogens is 425 g/mol. The van der Waals surface area contributed by atoms with Gasteiger partial charge in [-0.15, -0.1) is 0 Å². The highest BCUT2D eigenvalue weighted by Crippen LogP contribution is 2.20. The first-order valence-corrected chi connectivity index (χ1v) is 9.50. The highest BCUT2D eigenvalue weighted by Gasteiger charge is 2.04. The van der Waals surface area contributed by atoms with Crippen LogP contribution >= 0.6 is 15.9 Å². The van der Waals surface area contributed by atoms with Crippen molar-refractivity contribution in [1.29, 1.82) is 0 Å². The number of hydrogen-bond acceptors (Lipinski definition) is 3. The Balaban J connectivity index is 1.44. The molecule has 28 heavy (non-hydrogen) atoms. The molecule has 0 spiro atoms. The normalized spacial score (nSPS) is 10.4. The van der Waals surface area contributed by atoms with E-state index in [-0.39, 0.29) is 11.8 Å². The lowest BCUT2D eigenvalue weighted by molar-refractivity contribution is 0.251. The van der Waals surface area contributed by atoms with Crippen molar-refractivity contribution in [3.63, 3.8) is 0 Å². The standard InChI is InChI=1S/C21H19BrFN3O2/c22-20-8-3-17(23)12-16(20)9-11-28-19-6-4-18(5-7-19)26-21(27)25-14-15-2-1-10-24-13-15/h1-8,10,12-13H,9,11,14H2,(H2,25,26,27). The second-order valence-electron chi connectivity index (χ2n) is 6.03. The maximum Gasteiger partial charge on any atom is 0.319 e. The molecule has 0 unspecified atom stereocenters. The zero-order valence-corrected chi connectivity index (χ0v) is 16.6. The summed E-state index contributed by atoms with van der Waals surface area (Å²) < 4.78 is 19.8. The Morgan fingerprint density at radius 2 is 1.96 bits per heavy atom. The number of nitrogens with one attached hydrogen (secondary N) is 2. The van der Waals surface area contributed by atoms with E-state index in [0.29, 0.717) is 31.0 Å². The predicted molar refractivity (Wildman–Crippen MR) is 110 cm³/mol. The molecule has 0 aliphatic heterocycles. The SMILES string of the molecule is O=C(NCc1cccnc1)Nc1ccc(OCCc2cc(F)ccc2Br)cc1. The van der Waals surface area contributed by atoms with Crippen LogP contribution in [0.3, 0.4) is 0 Å². The van der Waals surface area contributed by atoms with Crippen LogP contribution in [0.15, 0.2) is 71.5 Å². The smallest absolute Gasteiger partial charge is 0.319 e. The number of amides is 2. The first-order chi connectivity index (χ1) is 13.6. The van der Waals surface area contributed by atoms with Crippen LogP contribution in [0.2, 0.25) is 0 Å². The third kappa shape index (κ3) is 6.06. The van der Waals surface area contributed by atoms with Gasteiger partial charge in [0, 0.05) is 35.5 Å². The Hall–Kier alpha value is -2.93. The molecule has 0 bridgehead atoms. The first-order valence-electron chi connectivity index (χ1n) is 8.71. The van der Waals surface area contributed by atoms with Crippen molar-refractivity contribution in [2.24, 2.45) is 0 Å². The molecule has 0 atom stereocenters. The lowest BCUT2D eigenvalue weighted by Gasteiger charge is -2.10. The fraction of sp³-hybridized carbons (Fsp3) is 0.143. The maximum absolute atomic E-state index is 13.3. The van der Waals surface area contributed by atoms with Crippen molar-refractivity contribution in [2.45, 2.75) is 13.0 Å². The largest absolute Gasteiger partial charge is 0.493 e. The molecule has 2 N–H and O–H groups in total. The van der Waals surface area contributed by atoms with E-state index in [1.165, 1.54) is 12.1 Å². The molecule has 0 saturated carbocycles. The summed E-state index contributed by atoms with van der Waals surface area (Å²) in [5, 5.41) is 5.53. The zero-order valence-electron chi connectivity index (χ0n) is 15.0.